The van der Waals surface area contributed by atoms with Gasteiger partial charge in [0.15, 0.2) is 0 Å². The molecule has 7 heteroatoms. The fourth-order valence-electron chi connectivity index (χ4n) is 1.59. The van der Waals surface area contributed by atoms with Crippen molar-refractivity contribution < 1.29 is 14.7 Å². The smallest absolute Gasteiger partial charge is 0.326 e. The van der Waals surface area contributed by atoms with Crippen molar-refractivity contribution in [3.8, 4) is 0 Å². The van der Waals surface area contributed by atoms with E-state index >= 15 is 0 Å². The van der Waals surface area contributed by atoms with Crippen molar-refractivity contribution in [3.63, 3.8) is 0 Å². The van der Waals surface area contributed by atoms with Gasteiger partial charge in [0.1, 0.15) is 6.04 Å². The van der Waals surface area contributed by atoms with Crippen LogP contribution in [0.15, 0.2) is 27.1 Å². The zero-order chi connectivity index (χ0) is 15.3. The van der Waals surface area contributed by atoms with Gasteiger partial charge in [0, 0.05) is 8.95 Å². The van der Waals surface area contributed by atoms with Crippen LogP contribution in [-0.2, 0) is 4.79 Å². The molecule has 3 N–H and O–H groups in total. The number of urea groups is 1. The minimum Gasteiger partial charge on any atom is -0.480 e. The molecule has 1 aromatic carbocycles. The molecule has 2 atom stereocenters. The van der Waals surface area contributed by atoms with Gasteiger partial charge in [-0.1, -0.05) is 26.3 Å². The standard InChI is InChI=1S/C13H16Br2N2O3/c1-3-7(2)10(12(18)19)16-13(20)17-11-8(14)5-4-6-9(11)15/h4-7,10H,3H2,1-2H3,(H,18,19)(H2,16,17,20)/t7?,10-/m0/s1. The molecule has 0 radical (unpaired) electrons. The SMILES string of the molecule is CCC(C)[C@H](NC(=O)Nc1c(Br)cccc1Br)C(=O)O. The minimum absolute atomic E-state index is 0.152. The van der Waals surface area contributed by atoms with E-state index in [9.17, 15) is 9.59 Å². The lowest BCUT2D eigenvalue weighted by atomic mass is 9.99. The van der Waals surface area contributed by atoms with Gasteiger partial charge in [0.05, 0.1) is 5.69 Å². The first-order chi connectivity index (χ1) is 9.36. The van der Waals surface area contributed by atoms with Gasteiger partial charge in [0.25, 0.3) is 0 Å². The van der Waals surface area contributed by atoms with Gasteiger partial charge in [-0.15, -0.1) is 0 Å². The summed E-state index contributed by atoms with van der Waals surface area (Å²) in [6.45, 7) is 3.66. The van der Waals surface area contributed by atoms with Crippen molar-refractivity contribution in [1.29, 1.82) is 0 Å². The molecule has 0 fully saturated rings. The van der Waals surface area contributed by atoms with E-state index in [1.165, 1.54) is 0 Å². The number of amides is 2. The van der Waals surface area contributed by atoms with E-state index in [4.69, 9.17) is 5.11 Å². The van der Waals surface area contributed by atoms with Gasteiger partial charge in [-0.05, 0) is 49.9 Å². The zero-order valence-corrected chi connectivity index (χ0v) is 14.3. The Labute approximate surface area is 134 Å². The maximum absolute atomic E-state index is 11.9. The van der Waals surface area contributed by atoms with Gasteiger partial charge in [-0.3, -0.25) is 0 Å². The molecule has 0 spiro atoms. The summed E-state index contributed by atoms with van der Waals surface area (Å²) in [7, 11) is 0. The second kappa shape index (κ2) is 7.64. The number of carbonyl (C=O) groups is 2. The molecule has 1 aromatic rings. The van der Waals surface area contributed by atoms with Crippen LogP contribution in [0.2, 0.25) is 0 Å². The summed E-state index contributed by atoms with van der Waals surface area (Å²) in [6, 6.07) is 3.91. The third-order valence-corrected chi connectivity index (χ3v) is 4.29. The van der Waals surface area contributed by atoms with Crippen LogP contribution in [0.4, 0.5) is 10.5 Å². The third-order valence-electron chi connectivity index (χ3n) is 2.97. The van der Waals surface area contributed by atoms with Crippen molar-refractivity contribution in [2.75, 3.05) is 5.32 Å². The van der Waals surface area contributed by atoms with Crippen LogP contribution in [0.3, 0.4) is 0 Å². The molecule has 0 aromatic heterocycles. The zero-order valence-electron chi connectivity index (χ0n) is 11.1. The highest BCUT2D eigenvalue weighted by atomic mass is 79.9. The van der Waals surface area contributed by atoms with Crippen molar-refractivity contribution in [2.24, 2.45) is 5.92 Å². The summed E-state index contributed by atoms with van der Waals surface area (Å²) in [5, 5.41) is 14.3. The maximum atomic E-state index is 11.9. The Balaban J connectivity index is 2.79. The number of carboxylic acids is 1. The number of hydrogen-bond donors (Lipinski definition) is 3. The molecular formula is C13H16Br2N2O3. The highest BCUT2D eigenvalue weighted by Crippen LogP contribution is 2.30. The predicted octanol–water partition coefficient (Wildman–Crippen LogP) is 3.83. The van der Waals surface area contributed by atoms with E-state index in [2.05, 4.69) is 42.5 Å². The molecular weight excluding hydrogens is 392 g/mol. The van der Waals surface area contributed by atoms with Crippen LogP contribution in [0.1, 0.15) is 20.3 Å². The maximum Gasteiger partial charge on any atom is 0.326 e. The van der Waals surface area contributed by atoms with E-state index in [1.54, 1.807) is 19.1 Å². The minimum atomic E-state index is -1.04. The number of rotatable bonds is 5. The van der Waals surface area contributed by atoms with Gasteiger partial charge in [-0.25, -0.2) is 9.59 Å². The van der Waals surface area contributed by atoms with Crippen LogP contribution in [-0.4, -0.2) is 23.1 Å². The molecule has 0 aliphatic rings. The fourth-order valence-corrected chi connectivity index (χ4v) is 2.79. The molecule has 0 aliphatic carbocycles. The van der Waals surface area contributed by atoms with E-state index in [-0.39, 0.29) is 5.92 Å². The van der Waals surface area contributed by atoms with E-state index in [0.29, 0.717) is 21.1 Å². The summed E-state index contributed by atoms with van der Waals surface area (Å²) < 4.78 is 1.41. The Bertz CT molecular complexity index is 488. The second-order valence-corrected chi connectivity index (χ2v) is 6.11. The molecule has 1 unspecified atom stereocenters. The fraction of sp³-hybridized carbons (Fsp3) is 0.385. The molecule has 0 aliphatic heterocycles. The number of aliphatic carboxylic acids is 1. The van der Waals surface area contributed by atoms with Crippen molar-refractivity contribution in [3.05, 3.63) is 27.1 Å². The first-order valence-electron chi connectivity index (χ1n) is 6.11. The molecule has 5 nitrogen and oxygen atoms in total. The number of hydrogen-bond acceptors (Lipinski definition) is 2. The summed E-state index contributed by atoms with van der Waals surface area (Å²) >= 11 is 6.65. The Kier molecular flexibility index (Phi) is 6.48. The van der Waals surface area contributed by atoms with Gasteiger partial charge in [0.2, 0.25) is 0 Å². The quantitative estimate of drug-likeness (QED) is 0.693. The summed E-state index contributed by atoms with van der Waals surface area (Å²) in [5.74, 6) is -1.19. The van der Waals surface area contributed by atoms with Crippen molar-refractivity contribution in [1.82, 2.24) is 5.32 Å². The molecule has 2 amide bonds. The topological polar surface area (TPSA) is 78.4 Å². The monoisotopic (exact) mass is 406 g/mol. The Morgan fingerprint density at radius 1 is 1.30 bits per heavy atom. The molecule has 1 rings (SSSR count). The van der Waals surface area contributed by atoms with Crippen LogP contribution in [0.5, 0.6) is 0 Å². The lowest BCUT2D eigenvalue weighted by molar-refractivity contribution is -0.140. The van der Waals surface area contributed by atoms with Crippen molar-refractivity contribution in [2.45, 2.75) is 26.3 Å². The molecule has 0 saturated heterocycles. The van der Waals surface area contributed by atoms with E-state index < -0.39 is 18.0 Å². The number of anilines is 1. The molecule has 0 bridgehead atoms. The van der Waals surface area contributed by atoms with E-state index in [1.807, 2.05) is 13.0 Å². The van der Waals surface area contributed by atoms with Crippen LogP contribution < -0.4 is 10.6 Å². The normalized spacial score (nSPS) is 13.4. The van der Waals surface area contributed by atoms with Crippen molar-refractivity contribution >= 4 is 49.5 Å². The summed E-state index contributed by atoms with van der Waals surface area (Å²) in [5.41, 5.74) is 0.554. The van der Waals surface area contributed by atoms with Crippen LogP contribution >= 0.6 is 31.9 Å². The number of halogens is 2. The largest absolute Gasteiger partial charge is 0.480 e. The van der Waals surface area contributed by atoms with Gasteiger partial charge in [-0.2, -0.15) is 0 Å². The Morgan fingerprint density at radius 2 is 1.85 bits per heavy atom. The third kappa shape index (κ3) is 4.49. The highest BCUT2D eigenvalue weighted by molar-refractivity contribution is 9.11. The molecule has 110 valence electrons. The molecule has 20 heavy (non-hydrogen) atoms. The van der Waals surface area contributed by atoms with Crippen LogP contribution in [0.25, 0.3) is 0 Å². The summed E-state index contributed by atoms with van der Waals surface area (Å²) in [4.78, 5) is 23.1. The number of nitrogens with one attached hydrogen (secondary N) is 2. The van der Waals surface area contributed by atoms with Gasteiger partial charge < -0.3 is 15.7 Å². The first kappa shape index (κ1) is 17.0. The molecule has 0 saturated carbocycles. The Morgan fingerprint density at radius 3 is 2.30 bits per heavy atom. The average molecular weight is 408 g/mol. The number of carboxylic acid groups (broad SMARTS) is 1. The lowest BCUT2D eigenvalue weighted by Gasteiger charge is -2.20. The number of para-hydroxylation sites is 1. The average Bonchev–Trinajstić information content (AvgIpc) is 2.39. The number of carbonyl (C=O) groups excluding carboxylic acids is 1. The predicted molar refractivity (Wildman–Crippen MR) is 84.9 cm³/mol. The summed E-state index contributed by atoms with van der Waals surface area (Å²) in [6.07, 6.45) is 0.663. The van der Waals surface area contributed by atoms with E-state index in [0.717, 1.165) is 0 Å². The second-order valence-electron chi connectivity index (χ2n) is 4.40. The van der Waals surface area contributed by atoms with Gasteiger partial charge >= 0.3 is 12.0 Å². The van der Waals surface area contributed by atoms with Crippen LogP contribution in [0, 0.1) is 5.92 Å². The Hall–Kier alpha value is -1.08. The molecule has 0 heterocycles. The first-order valence-corrected chi connectivity index (χ1v) is 7.69. The number of benzene rings is 1. The highest BCUT2D eigenvalue weighted by Gasteiger charge is 2.25. The lowest BCUT2D eigenvalue weighted by Crippen LogP contribution is -2.46.